The Bertz CT molecular complexity index is 838. The lowest BCUT2D eigenvalue weighted by molar-refractivity contribution is 0.101. The quantitative estimate of drug-likeness (QED) is 0.352. The molecule has 0 spiro atoms. The molecule has 0 aliphatic carbocycles. The van der Waals surface area contributed by atoms with Gasteiger partial charge in [-0.2, -0.15) is 5.10 Å². The van der Waals surface area contributed by atoms with Gasteiger partial charge in [-0.25, -0.2) is 23.1 Å². The number of hydrogen-bond acceptors (Lipinski definition) is 7. The Labute approximate surface area is 146 Å². The number of rotatable bonds is 7. The summed E-state index contributed by atoms with van der Waals surface area (Å²) >= 11 is 0. The number of carbonyl (C=O) groups excluding carboxylic acids is 1. The number of hydrazone groups is 1. The molecule has 1 heterocycles. The Hall–Kier alpha value is -3.30. The first-order valence-corrected chi connectivity index (χ1v) is 7.25. The number of ketones is 1. The summed E-state index contributed by atoms with van der Waals surface area (Å²) in [7, 11) is 0. The number of nitrogens with two attached hydrogens (primary N) is 1. The van der Waals surface area contributed by atoms with Crippen LogP contribution in [0.2, 0.25) is 0 Å². The molecule has 1 aromatic carbocycles. The molecule has 0 unspecified atom stereocenters. The minimum Gasteiger partial charge on any atom is -0.457 e. The number of nitrogens with zero attached hydrogens (tertiary/aromatic N) is 4. The standard InChI is InChI=1S/C16H14F3N5O2/c1-9(25)10-5-22-16(23-6-10)26-8-12(24-20)7-21-11-2-3-14(17)13(4-11)15(18)19/h2-7,15H,8,20H2,1H3. The largest absolute Gasteiger partial charge is 0.457 e. The Morgan fingerprint density at radius 1 is 1.35 bits per heavy atom. The Kier molecular flexibility index (Phi) is 6.36. The zero-order chi connectivity index (χ0) is 19.1. The van der Waals surface area contributed by atoms with E-state index in [1.165, 1.54) is 31.6 Å². The van der Waals surface area contributed by atoms with Crippen molar-refractivity contribution in [1.82, 2.24) is 9.97 Å². The number of aliphatic imine (C=N–C) groups is 1. The van der Waals surface area contributed by atoms with Crippen LogP contribution in [0.5, 0.6) is 6.01 Å². The summed E-state index contributed by atoms with van der Waals surface area (Å²) < 4.78 is 43.8. The molecule has 0 aliphatic heterocycles. The first-order chi connectivity index (χ1) is 12.4. The molecular weight excluding hydrogens is 351 g/mol. The van der Waals surface area contributed by atoms with Gasteiger partial charge in [0.25, 0.3) is 6.43 Å². The molecule has 0 bridgehead atoms. The van der Waals surface area contributed by atoms with E-state index in [9.17, 15) is 18.0 Å². The molecular formula is C16H14F3N5O2. The van der Waals surface area contributed by atoms with Crippen LogP contribution in [0.1, 0.15) is 29.3 Å². The highest BCUT2D eigenvalue weighted by Gasteiger charge is 2.13. The first-order valence-electron chi connectivity index (χ1n) is 7.25. The van der Waals surface area contributed by atoms with Gasteiger partial charge in [-0.15, -0.1) is 0 Å². The molecule has 2 aromatic rings. The number of halogens is 3. The van der Waals surface area contributed by atoms with Crippen molar-refractivity contribution in [1.29, 1.82) is 0 Å². The van der Waals surface area contributed by atoms with Gasteiger partial charge in [-0.1, -0.05) is 0 Å². The smallest absolute Gasteiger partial charge is 0.316 e. The van der Waals surface area contributed by atoms with E-state index in [-0.39, 0.29) is 29.8 Å². The van der Waals surface area contributed by atoms with Gasteiger partial charge in [0.1, 0.15) is 18.1 Å². The van der Waals surface area contributed by atoms with Gasteiger partial charge in [0.15, 0.2) is 5.78 Å². The van der Waals surface area contributed by atoms with Crippen LogP contribution in [0, 0.1) is 5.82 Å². The van der Waals surface area contributed by atoms with Crippen LogP contribution < -0.4 is 10.6 Å². The van der Waals surface area contributed by atoms with Crippen LogP contribution >= 0.6 is 0 Å². The number of hydrogen-bond donors (Lipinski definition) is 1. The van der Waals surface area contributed by atoms with Crippen molar-refractivity contribution < 1.29 is 22.7 Å². The van der Waals surface area contributed by atoms with Crippen molar-refractivity contribution in [2.24, 2.45) is 15.9 Å². The van der Waals surface area contributed by atoms with Gasteiger partial charge in [0.2, 0.25) is 0 Å². The van der Waals surface area contributed by atoms with Crippen molar-refractivity contribution >= 4 is 23.4 Å². The molecule has 2 N–H and O–H groups in total. The fourth-order valence-corrected chi connectivity index (χ4v) is 1.75. The Balaban J connectivity index is 2.02. The van der Waals surface area contributed by atoms with E-state index in [0.717, 1.165) is 12.1 Å². The zero-order valence-corrected chi connectivity index (χ0v) is 13.6. The molecule has 10 heteroatoms. The van der Waals surface area contributed by atoms with Crippen LogP contribution in [-0.2, 0) is 0 Å². The number of alkyl halides is 2. The van der Waals surface area contributed by atoms with Crippen LogP contribution in [0.15, 0.2) is 40.7 Å². The molecule has 0 saturated carbocycles. The van der Waals surface area contributed by atoms with E-state index in [2.05, 4.69) is 20.1 Å². The second-order valence-corrected chi connectivity index (χ2v) is 4.98. The Morgan fingerprint density at radius 3 is 2.62 bits per heavy atom. The molecule has 0 atom stereocenters. The molecule has 26 heavy (non-hydrogen) atoms. The highest BCUT2D eigenvalue weighted by molar-refractivity contribution is 6.31. The third kappa shape index (κ3) is 5.10. The number of ether oxygens (including phenoxy) is 1. The number of carbonyl (C=O) groups is 1. The van der Waals surface area contributed by atoms with Gasteiger partial charge in [0, 0.05) is 12.4 Å². The van der Waals surface area contributed by atoms with Gasteiger partial charge < -0.3 is 10.6 Å². The lowest BCUT2D eigenvalue weighted by atomic mass is 10.2. The van der Waals surface area contributed by atoms with Crippen LogP contribution in [0.4, 0.5) is 18.9 Å². The zero-order valence-electron chi connectivity index (χ0n) is 13.6. The highest BCUT2D eigenvalue weighted by atomic mass is 19.3. The predicted molar refractivity (Wildman–Crippen MR) is 88.7 cm³/mol. The minimum absolute atomic E-state index is 0.00804. The van der Waals surface area contributed by atoms with E-state index < -0.39 is 17.8 Å². The third-order valence-corrected chi connectivity index (χ3v) is 3.13. The monoisotopic (exact) mass is 365 g/mol. The van der Waals surface area contributed by atoms with E-state index >= 15 is 0 Å². The average Bonchev–Trinajstić information content (AvgIpc) is 2.63. The van der Waals surface area contributed by atoms with Crippen molar-refractivity contribution in [2.45, 2.75) is 13.3 Å². The number of Topliss-reactive ketones (excluding diaryl/α,β-unsaturated/α-hetero) is 1. The van der Waals surface area contributed by atoms with Crippen LogP contribution in [0.3, 0.4) is 0 Å². The summed E-state index contributed by atoms with van der Waals surface area (Å²) in [4.78, 5) is 22.7. The number of benzene rings is 1. The van der Waals surface area contributed by atoms with Crippen molar-refractivity contribution in [3.8, 4) is 6.01 Å². The van der Waals surface area contributed by atoms with Gasteiger partial charge in [-0.3, -0.25) is 9.79 Å². The predicted octanol–water partition coefficient (Wildman–Crippen LogP) is 2.85. The topological polar surface area (TPSA) is 103 Å². The maximum absolute atomic E-state index is 13.2. The van der Waals surface area contributed by atoms with E-state index in [1.54, 1.807) is 0 Å². The fraction of sp³-hybridized carbons (Fsp3) is 0.188. The maximum atomic E-state index is 13.2. The lowest BCUT2D eigenvalue weighted by Gasteiger charge is -2.04. The van der Waals surface area contributed by atoms with Crippen molar-refractivity contribution in [2.75, 3.05) is 6.61 Å². The lowest BCUT2D eigenvalue weighted by Crippen LogP contribution is -2.16. The normalized spacial score (nSPS) is 12.0. The third-order valence-electron chi connectivity index (χ3n) is 3.13. The van der Waals surface area contributed by atoms with Gasteiger partial charge in [-0.05, 0) is 25.1 Å². The molecule has 0 fully saturated rings. The highest BCUT2D eigenvalue weighted by Crippen LogP contribution is 2.26. The summed E-state index contributed by atoms with van der Waals surface area (Å²) in [6.45, 7) is 1.23. The second-order valence-electron chi connectivity index (χ2n) is 4.98. The fourth-order valence-electron chi connectivity index (χ4n) is 1.75. The summed E-state index contributed by atoms with van der Waals surface area (Å²) in [6.07, 6.45) is 0.850. The minimum atomic E-state index is -2.95. The van der Waals surface area contributed by atoms with E-state index in [1.807, 2.05) is 0 Å². The SMILES string of the molecule is CC(=O)c1cnc(OCC(C=Nc2ccc(F)c(C(F)F)c2)=NN)nc1. The molecule has 136 valence electrons. The summed E-state index contributed by atoms with van der Waals surface area (Å²) in [5.74, 6) is 4.02. The Morgan fingerprint density at radius 2 is 2.04 bits per heavy atom. The van der Waals surface area contributed by atoms with Gasteiger partial charge in [0.05, 0.1) is 23.0 Å². The summed E-state index contributed by atoms with van der Waals surface area (Å²) in [5, 5.41) is 3.45. The molecule has 0 saturated heterocycles. The maximum Gasteiger partial charge on any atom is 0.316 e. The number of aromatic nitrogens is 2. The molecule has 0 radical (unpaired) electrons. The molecule has 2 rings (SSSR count). The average molecular weight is 365 g/mol. The van der Waals surface area contributed by atoms with E-state index in [4.69, 9.17) is 10.6 Å². The van der Waals surface area contributed by atoms with Crippen LogP contribution in [0.25, 0.3) is 0 Å². The second kappa shape index (κ2) is 8.70. The van der Waals surface area contributed by atoms with Gasteiger partial charge >= 0.3 is 6.01 Å². The summed E-state index contributed by atoms with van der Waals surface area (Å²) in [5.41, 5.74) is -0.157. The molecule has 1 aromatic heterocycles. The molecule has 7 nitrogen and oxygen atoms in total. The molecule has 0 amide bonds. The first kappa shape index (κ1) is 19.0. The van der Waals surface area contributed by atoms with Crippen LogP contribution in [-0.4, -0.2) is 34.3 Å². The van der Waals surface area contributed by atoms with Crippen molar-refractivity contribution in [3.05, 3.63) is 47.5 Å². The molecule has 0 aliphatic rings. The van der Waals surface area contributed by atoms with E-state index in [0.29, 0.717) is 5.56 Å². The van der Waals surface area contributed by atoms with Crippen molar-refractivity contribution in [3.63, 3.8) is 0 Å². The summed E-state index contributed by atoms with van der Waals surface area (Å²) in [6, 6.07) is 3.05.